The fraction of sp³-hybridized carbons (Fsp3) is 0.333. The highest BCUT2D eigenvalue weighted by Crippen LogP contribution is 2.18. The molecule has 0 N–H and O–H groups in total. The van der Waals surface area contributed by atoms with E-state index in [-0.39, 0.29) is 0 Å². The molecule has 16 heavy (non-hydrogen) atoms. The van der Waals surface area contributed by atoms with E-state index >= 15 is 0 Å². The minimum Gasteiger partial charge on any atom is -0.496 e. The minimum atomic E-state index is 0.409. The molecule has 0 aromatic heterocycles. The van der Waals surface area contributed by atoms with Crippen LogP contribution in [-0.2, 0) is 0 Å². The largest absolute Gasteiger partial charge is 0.496 e. The Hall–Kier alpha value is -2.11. The zero-order valence-corrected chi connectivity index (χ0v) is 9.40. The van der Waals surface area contributed by atoms with Crippen LogP contribution >= 0.6 is 0 Å². The van der Waals surface area contributed by atoms with E-state index in [1.807, 2.05) is 25.1 Å². The third kappa shape index (κ3) is 3.56. The lowest BCUT2D eigenvalue weighted by Gasteiger charge is -2.03. The third-order valence-corrected chi connectivity index (χ3v) is 2.04. The Morgan fingerprint density at radius 1 is 1.50 bits per heavy atom. The quantitative estimate of drug-likeness (QED) is 0.251. The molecule has 0 fully saturated rings. The van der Waals surface area contributed by atoms with Crippen LogP contribution in [-0.4, -0.2) is 13.7 Å². The van der Waals surface area contributed by atoms with E-state index in [1.54, 1.807) is 7.11 Å². The van der Waals surface area contributed by atoms with E-state index in [1.165, 1.54) is 0 Å². The van der Waals surface area contributed by atoms with Crippen molar-refractivity contribution in [2.75, 3.05) is 13.7 Å². The minimum absolute atomic E-state index is 0.409. The van der Waals surface area contributed by atoms with Crippen LogP contribution in [0.1, 0.15) is 17.5 Å². The van der Waals surface area contributed by atoms with Crippen molar-refractivity contribution < 1.29 is 4.74 Å². The van der Waals surface area contributed by atoms with Crippen molar-refractivity contribution in [1.29, 1.82) is 0 Å². The van der Waals surface area contributed by atoms with Crippen LogP contribution in [0, 0.1) is 18.8 Å². The van der Waals surface area contributed by atoms with Gasteiger partial charge in [0.2, 0.25) is 0 Å². The molecule has 0 bridgehead atoms. The van der Waals surface area contributed by atoms with Crippen molar-refractivity contribution in [3.8, 4) is 17.6 Å². The van der Waals surface area contributed by atoms with E-state index in [2.05, 4.69) is 21.9 Å². The summed E-state index contributed by atoms with van der Waals surface area (Å²) < 4.78 is 5.20. The number of hydrogen-bond acceptors (Lipinski definition) is 2. The van der Waals surface area contributed by atoms with Gasteiger partial charge in [-0.25, -0.2) is 0 Å². The molecule has 0 aliphatic rings. The molecular weight excluding hydrogens is 202 g/mol. The highest BCUT2D eigenvalue weighted by molar-refractivity contribution is 5.44. The van der Waals surface area contributed by atoms with Gasteiger partial charge in [0.1, 0.15) is 5.75 Å². The number of methoxy groups -OCH3 is 1. The van der Waals surface area contributed by atoms with Crippen molar-refractivity contribution in [3.63, 3.8) is 0 Å². The maximum Gasteiger partial charge on any atom is 0.123 e. The number of azide groups is 1. The van der Waals surface area contributed by atoms with Gasteiger partial charge in [-0.15, -0.1) is 0 Å². The Bertz CT molecular complexity index is 465. The van der Waals surface area contributed by atoms with Crippen molar-refractivity contribution in [1.82, 2.24) is 0 Å². The maximum atomic E-state index is 8.08. The first-order chi connectivity index (χ1) is 7.77. The van der Waals surface area contributed by atoms with Gasteiger partial charge in [-0.05, 0) is 30.2 Å². The van der Waals surface area contributed by atoms with Crippen LogP contribution in [0.4, 0.5) is 0 Å². The van der Waals surface area contributed by atoms with Crippen LogP contribution < -0.4 is 4.74 Å². The standard InChI is InChI=1S/C12H13N3O/c1-10-6-7-11(9-12(10)16-2)5-3-4-8-14-15-13/h6-7,9H,4,8H2,1-2H3. The first kappa shape index (κ1) is 12.0. The lowest BCUT2D eigenvalue weighted by Crippen LogP contribution is -1.87. The summed E-state index contributed by atoms with van der Waals surface area (Å²) in [6.45, 7) is 2.39. The molecule has 82 valence electrons. The Labute approximate surface area is 94.9 Å². The number of rotatable bonds is 3. The smallest absolute Gasteiger partial charge is 0.123 e. The zero-order chi connectivity index (χ0) is 11.8. The van der Waals surface area contributed by atoms with Gasteiger partial charge in [0, 0.05) is 23.4 Å². The summed E-state index contributed by atoms with van der Waals surface area (Å²) in [6.07, 6.45) is 0.570. The molecule has 0 radical (unpaired) electrons. The van der Waals surface area contributed by atoms with Crippen molar-refractivity contribution in [2.24, 2.45) is 5.11 Å². The molecule has 0 heterocycles. The summed E-state index contributed by atoms with van der Waals surface area (Å²) >= 11 is 0. The molecule has 0 spiro atoms. The fourth-order valence-electron chi connectivity index (χ4n) is 1.21. The van der Waals surface area contributed by atoms with E-state index in [9.17, 15) is 0 Å². The van der Waals surface area contributed by atoms with Crippen molar-refractivity contribution in [2.45, 2.75) is 13.3 Å². The molecule has 1 rings (SSSR count). The van der Waals surface area contributed by atoms with Crippen LogP contribution in [0.3, 0.4) is 0 Å². The molecule has 0 saturated heterocycles. The molecule has 0 atom stereocenters. The van der Waals surface area contributed by atoms with Crippen LogP contribution in [0.15, 0.2) is 23.3 Å². The van der Waals surface area contributed by atoms with Gasteiger partial charge >= 0.3 is 0 Å². The molecule has 0 unspecified atom stereocenters. The Morgan fingerprint density at radius 3 is 3.00 bits per heavy atom. The molecule has 0 aliphatic heterocycles. The summed E-state index contributed by atoms with van der Waals surface area (Å²) in [7, 11) is 1.64. The number of hydrogen-bond donors (Lipinski definition) is 0. The molecule has 0 saturated carbocycles. The highest BCUT2D eigenvalue weighted by atomic mass is 16.5. The number of ether oxygens (including phenoxy) is 1. The Balaban J connectivity index is 2.70. The van der Waals surface area contributed by atoms with E-state index in [0.29, 0.717) is 13.0 Å². The number of aryl methyl sites for hydroxylation is 1. The SMILES string of the molecule is COc1cc(C#CCCN=[N+]=[N-])ccc1C. The summed E-state index contributed by atoms with van der Waals surface area (Å²) in [5, 5.41) is 3.40. The predicted molar refractivity (Wildman–Crippen MR) is 63.2 cm³/mol. The van der Waals surface area contributed by atoms with Gasteiger partial charge in [0.05, 0.1) is 7.11 Å². The molecular formula is C12H13N3O. The van der Waals surface area contributed by atoms with Crippen LogP contribution in [0.25, 0.3) is 10.4 Å². The van der Waals surface area contributed by atoms with Gasteiger partial charge in [-0.1, -0.05) is 23.0 Å². The van der Waals surface area contributed by atoms with Crippen LogP contribution in [0.5, 0.6) is 5.75 Å². The van der Waals surface area contributed by atoms with Crippen molar-refractivity contribution in [3.05, 3.63) is 39.8 Å². The lowest BCUT2D eigenvalue weighted by atomic mass is 10.1. The fourth-order valence-corrected chi connectivity index (χ4v) is 1.21. The lowest BCUT2D eigenvalue weighted by molar-refractivity contribution is 0.411. The molecule has 0 amide bonds. The molecule has 4 nitrogen and oxygen atoms in total. The predicted octanol–water partition coefficient (Wildman–Crippen LogP) is 3.06. The molecule has 0 aliphatic carbocycles. The van der Waals surface area contributed by atoms with Gasteiger partial charge in [-0.3, -0.25) is 0 Å². The van der Waals surface area contributed by atoms with Crippen LogP contribution in [0.2, 0.25) is 0 Å². The normalized spacial score (nSPS) is 8.62. The second kappa shape index (κ2) is 6.39. The van der Waals surface area contributed by atoms with E-state index < -0.39 is 0 Å². The Morgan fingerprint density at radius 2 is 2.31 bits per heavy atom. The Kier molecular flexibility index (Phi) is 4.78. The topological polar surface area (TPSA) is 58.0 Å². The second-order valence-electron chi connectivity index (χ2n) is 3.19. The number of nitrogens with zero attached hydrogens (tertiary/aromatic N) is 3. The summed E-state index contributed by atoms with van der Waals surface area (Å²) in [4.78, 5) is 2.66. The molecule has 4 heteroatoms. The average Bonchev–Trinajstić information content (AvgIpc) is 2.31. The average molecular weight is 215 g/mol. The van der Waals surface area contributed by atoms with Gasteiger partial charge < -0.3 is 4.74 Å². The van der Waals surface area contributed by atoms with Crippen molar-refractivity contribution >= 4 is 0 Å². The molecule has 1 aromatic rings. The zero-order valence-electron chi connectivity index (χ0n) is 9.40. The van der Waals surface area contributed by atoms with Gasteiger partial charge in [0.15, 0.2) is 0 Å². The van der Waals surface area contributed by atoms with Gasteiger partial charge in [0.25, 0.3) is 0 Å². The second-order valence-corrected chi connectivity index (χ2v) is 3.19. The molecule has 1 aromatic carbocycles. The third-order valence-electron chi connectivity index (χ3n) is 2.04. The first-order valence-electron chi connectivity index (χ1n) is 4.92. The maximum absolute atomic E-state index is 8.08. The highest BCUT2D eigenvalue weighted by Gasteiger charge is 1.97. The summed E-state index contributed by atoms with van der Waals surface area (Å²) in [5.41, 5.74) is 10.1. The number of benzene rings is 1. The van der Waals surface area contributed by atoms with E-state index in [0.717, 1.165) is 16.9 Å². The van der Waals surface area contributed by atoms with E-state index in [4.69, 9.17) is 10.3 Å². The first-order valence-corrected chi connectivity index (χ1v) is 4.92. The monoisotopic (exact) mass is 215 g/mol. The summed E-state index contributed by atoms with van der Waals surface area (Å²) in [6, 6.07) is 5.81. The van der Waals surface area contributed by atoms with Gasteiger partial charge in [-0.2, -0.15) is 0 Å². The summed E-state index contributed by atoms with van der Waals surface area (Å²) in [5.74, 6) is 6.76.